The maximum Gasteiger partial charge on any atom is 0.326 e. The van der Waals surface area contributed by atoms with E-state index >= 15 is 0 Å². The first-order chi connectivity index (χ1) is 7.13. The average Bonchev–Trinajstić information content (AvgIpc) is 2.52. The number of aromatic nitrogens is 2. The molecule has 0 amide bonds. The number of halogens is 1. The fraction of sp³-hybridized carbons (Fsp3) is 0.364. The van der Waals surface area contributed by atoms with Crippen LogP contribution in [0.15, 0.2) is 23.0 Å². The quantitative estimate of drug-likeness (QED) is 0.808. The fourth-order valence-corrected chi connectivity index (χ4v) is 1.71. The number of benzene rings is 1. The van der Waals surface area contributed by atoms with Gasteiger partial charge in [0.05, 0.1) is 11.0 Å². The van der Waals surface area contributed by atoms with E-state index in [2.05, 4.69) is 4.98 Å². The number of hydrogen-bond acceptors (Lipinski definition) is 1. The number of fused-ring (bicyclic) bond motifs is 1. The zero-order valence-electron chi connectivity index (χ0n) is 8.75. The van der Waals surface area contributed by atoms with Crippen LogP contribution < -0.4 is 5.69 Å². The molecule has 2 aromatic rings. The Morgan fingerprint density at radius 1 is 1.53 bits per heavy atom. The molecule has 1 atom stereocenters. The van der Waals surface area contributed by atoms with E-state index in [1.165, 1.54) is 12.1 Å². The molecule has 0 aliphatic heterocycles. The molecule has 1 heterocycles. The van der Waals surface area contributed by atoms with Crippen LogP contribution in [-0.4, -0.2) is 9.55 Å². The minimum atomic E-state index is -0.321. The standard InChI is InChI=1S/C11H13FN2O/c1-3-7(2)14-10-6-8(12)4-5-9(10)13-11(14)15/h4-7H,3H2,1-2H3,(H,13,15). The van der Waals surface area contributed by atoms with Gasteiger partial charge in [-0.2, -0.15) is 0 Å². The van der Waals surface area contributed by atoms with Crippen LogP contribution in [0.1, 0.15) is 26.3 Å². The smallest absolute Gasteiger partial charge is 0.306 e. The Labute approximate surface area is 86.5 Å². The van der Waals surface area contributed by atoms with Crippen molar-refractivity contribution in [3.8, 4) is 0 Å². The Balaban J connectivity index is 2.76. The van der Waals surface area contributed by atoms with Crippen molar-refractivity contribution in [1.82, 2.24) is 9.55 Å². The predicted molar refractivity (Wildman–Crippen MR) is 57.5 cm³/mol. The van der Waals surface area contributed by atoms with Gasteiger partial charge in [-0.05, 0) is 31.5 Å². The summed E-state index contributed by atoms with van der Waals surface area (Å²) in [7, 11) is 0. The van der Waals surface area contributed by atoms with Crippen molar-refractivity contribution in [1.29, 1.82) is 0 Å². The number of rotatable bonds is 2. The zero-order valence-corrected chi connectivity index (χ0v) is 8.75. The van der Waals surface area contributed by atoms with Gasteiger partial charge in [0.15, 0.2) is 0 Å². The first-order valence-electron chi connectivity index (χ1n) is 5.03. The van der Waals surface area contributed by atoms with Gasteiger partial charge in [0.2, 0.25) is 0 Å². The van der Waals surface area contributed by atoms with E-state index in [4.69, 9.17) is 0 Å². The van der Waals surface area contributed by atoms with Crippen LogP contribution in [0.2, 0.25) is 0 Å². The largest absolute Gasteiger partial charge is 0.326 e. The second kappa shape index (κ2) is 3.53. The van der Waals surface area contributed by atoms with E-state index in [-0.39, 0.29) is 17.5 Å². The lowest BCUT2D eigenvalue weighted by Crippen LogP contribution is -2.19. The van der Waals surface area contributed by atoms with Crippen molar-refractivity contribution in [2.75, 3.05) is 0 Å². The number of aromatic amines is 1. The first-order valence-corrected chi connectivity index (χ1v) is 5.03. The van der Waals surface area contributed by atoms with Gasteiger partial charge >= 0.3 is 5.69 Å². The van der Waals surface area contributed by atoms with Crippen molar-refractivity contribution in [3.05, 3.63) is 34.5 Å². The number of imidazole rings is 1. The molecule has 15 heavy (non-hydrogen) atoms. The highest BCUT2D eigenvalue weighted by molar-refractivity contribution is 5.75. The minimum Gasteiger partial charge on any atom is -0.306 e. The maximum absolute atomic E-state index is 13.1. The molecule has 0 aliphatic carbocycles. The third-order valence-electron chi connectivity index (χ3n) is 2.71. The maximum atomic E-state index is 13.1. The number of hydrogen-bond donors (Lipinski definition) is 1. The summed E-state index contributed by atoms with van der Waals surface area (Å²) < 4.78 is 14.7. The second-order valence-electron chi connectivity index (χ2n) is 3.72. The number of nitrogens with one attached hydrogen (secondary N) is 1. The zero-order chi connectivity index (χ0) is 11.0. The van der Waals surface area contributed by atoms with Crippen LogP contribution in [0, 0.1) is 5.82 Å². The third-order valence-corrected chi connectivity index (χ3v) is 2.71. The molecule has 3 nitrogen and oxygen atoms in total. The summed E-state index contributed by atoms with van der Waals surface area (Å²) in [6.07, 6.45) is 0.837. The lowest BCUT2D eigenvalue weighted by molar-refractivity contribution is 0.528. The summed E-state index contributed by atoms with van der Waals surface area (Å²) in [5.74, 6) is -0.321. The highest BCUT2D eigenvalue weighted by atomic mass is 19.1. The van der Waals surface area contributed by atoms with E-state index in [9.17, 15) is 9.18 Å². The summed E-state index contributed by atoms with van der Waals surface area (Å²) >= 11 is 0. The van der Waals surface area contributed by atoms with Crippen LogP contribution in [0.5, 0.6) is 0 Å². The van der Waals surface area contributed by atoms with E-state index in [1.54, 1.807) is 10.6 Å². The lowest BCUT2D eigenvalue weighted by atomic mass is 10.2. The molecule has 0 saturated carbocycles. The molecule has 0 saturated heterocycles. The van der Waals surface area contributed by atoms with Gasteiger partial charge in [0, 0.05) is 6.04 Å². The molecule has 2 rings (SSSR count). The van der Waals surface area contributed by atoms with Gasteiger partial charge < -0.3 is 4.98 Å². The van der Waals surface area contributed by atoms with E-state index in [0.717, 1.165) is 6.42 Å². The molecule has 0 fully saturated rings. The molecule has 0 aliphatic rings. The van der Waals surface area contributed by atoms with Gasteiger partial charge in [-0.25, -0.2) is 9.18 Å². The molecule has 1 unspecified atom stereocenters. The Kier molecular flexibility index (Phi) is 2.34. The van der Waals surface area contributed by atoms with Gasteiger partial charge in [0.25, 0.3) is 0 Å². The summed E-state index contributed by atoms with van der Waals surface area (Å²) in [5, 5.41) is 0. The molecule has 4 heteroatoms. The van der Waals surface area contributed by atoms with Crippen LogP contribution in [0.3, 0.4) is 0 Å². The van der Waals surface area contributed by atoms with E-state index in [0.29, 0.717) is 11.0 Å². The van der Waals surface area contributed by atoms with Gasteiger partial charge in [-0.1, -0.05) is 6.92 Å². The van der Waals surface area contributed by atoms with Crippen molar-refractivity contribution in [2.24, 2.45) is 0 Å². The van der Waals surface area contributed by atoms with Crippen molar-refractivity contribution >= 4 is 11.0 Å². The molecule has 80 valence electrons. The lowest BCUT2D eigenvalue weighted by Gasteiger charge is -2.10. The van der Waals surface area contributed by atoms with E-state index < -0.39 is 0 Å². The molecule has 0 radical (unpaired) electrons. The first kappa shape index (κ1) is 9.96. The molecule has 1 aromatic heterocycles. The van der Waals surface area contributed by atoms with Crippen molar-refractivity contribution in [2.45, 2.75) is 26.3 Å². The van der Waals surface area contributed by atoms with Crippen molar-refractivity contribution < 1.29 is 4.39 Å². The SMILES string of the molecule is CCC(C)n1c(=O)[nH]c2ccc(F)cc21. The van der Waals surface area contributed by atoms with E-state index in [1.807, 2.05) is 13.8 Å². The molecule has 1 N–H and O–H groups in total. The van der Waals surface area contributed by atoms with Crippen LogP contribution in [0.25, 0.3) is 11.0 Å². The molecule has 0 spiro atoms. The Morgan fingerprint density at radius 3 is 2.93 bits per heavy atom. The van der Waals surface area contributed by atoms with Gasteiger partial charge in [0.1, 0.15) is 5.82 Å². The molecular formula is C11H13FN2O. The van der Waals surface area contributed by atoms with Crippen LogP contribution in [-0.2, 0) is 0 Å². The number of H-pyrrole nitrogens is 1. The summed E-state index contributed by atoms with van der Waals surface area (Å²) in [5.41, 5.74) is 1.14. The summed E-state index contributed by atoms with van der Waals surface area (Å²) in [6.45, 7) is 3.94. The summed E-state index contributed by atoms with van der Waals surface area (Å²) in [4.78, 5) is 14.3. The summed E-state index contributed by atoms with van der Waals surface area (Å²) in [6, 6.07) is 4.40. The Bertz CT molecular complexity index is 541. The molecule has 1 aromatic carbocycles. The second-order valence-corrected chi connectivity index (χ2v) is 3.72. The number of nitrogens with zero attached hydrogens (tertiary/aromatic N) is 1. The Morgan fingerprint density at radius 2 is 2.27 bits per heavy atom. The van der Waals surface area contributed by atoms with Crippen LogP contribution in [0.4, 0.5) is 4.39 Å². The van der Waals surface area contributed by atoms with Crippen molar-refractivity contribution in [3.63, 3.8) is 0 Å². The highest BCUT2D eigenvalue weighted by Gasteiger charge is 2.11. The Hall–Kier alpha value is -1.58. The van der Waals surface area contributed by atoms with Crippen LogP contribution >= 0.6 is 0 Å². The monoisotopic (exact) mass is 208 g/mol. The molecular weight excluding hydrogens is 195 g/mol. The highest BCUT2D eigenvalue weighted by Crippen LogP contribution is 2.17. The minimum absolute atomic E-state index is 0.0769. The average molecular weight is 208 g/mol. The fourth-order valence-electron chi connectivity index (χ4n) is 1.71. The van der Waals surface area contributed by atoms with Gasteiger partial charge in [-0.15, -0.1) is 0 Å². The third kappa shape index (κ3) is 1.56. The topological polar surface area (TPSA) is 37.8 Å². The molecule has 0 bridgehead atoms. The predicted octanol–water partition coefficient (Wildman–Crippen LogP) is 2.44. The van der Waals surface area contributed by atoms with Gasteiger partial charge in [-0.3, -0.25) is 4.57 Å². The normalized spacial score (nSPS) is 13.3.